The molecule has 6 heteroatoms. The van der Waals surface area contributed by atoms with Crippen LogP contribution in [-0.2, 0) is 0 Å². The van der Waals surface area contributed by atoms with Crippen molar-refractivity contribution >= 4 is 0 Å². The van der Waals surface area contributed by atoms with Gasteiger partial charge in [-0.25, -0.2) is 13.2 Å². The molecule has 0 saturated heterocycles. The summed E-state index contributed by atoms with van der Waals surface area (Å²) >= 11 is 0. The fourth-order valence-corrected chi connectivity index (χ4v) is 0.758. The van der Waals surface area contributed by atoms with Crippen LogP contribution in [0.4, 0.5) is 17.6 Å². The van der Waals surface area contributed by atoms with Crippen molar-refractivity contribution in [1.82, 2.24) is 0 Å². The van der Waals surface area contributed by atoms with Crippen LogP contribution in [0.3, 0.4) is 0 Å². The molecule has 68 valence electrons. The van der Waals surface area contributed by atoms with Crippen molar-refractivity contribution in [1.29, 1.82) is 0 Å². The summed E-state index contributed by atoms with van der Waals surface area (Å²) in [5.74, 6) is -11.2. The van der Waals surface area contributed by atoms with Crippen LogP contribution in [-0.4, -0.2) is 16.1 Å². The summed E-state index contributed by atoms with van der Waals surface area (Å²) in [6.45, 7) is 0. The Morgan fingerprint density at radius 1 is 1.25 bits per heavy atom. The van der Waals surface area contributed by atoms with Gasteiger partial charge in [0.25, 0.3) is 5.85 Å². The highest BCUT2D eigenvalue weighted by atomic mass is 19.2. The summed E-state index contributed by atoms with van der Waals surface area (Å²) in [6, 6.07) is 0. The zero-order valence-corrected chi connectivity index (χ0v) is 5.61. The zero-order chi connectivity index (χ0) is 9.52. The van der Waals surface area contributed by atoms with E-state index in [1.54, 1.807) is 0 Å². The number of aliphatic hydroxyl groups excluding tert-OH is 1. The first-order valence-electron chi connectivity index (χ1n) is 2.91. The van der Waals surface area contributed by atoms with Gasteiger partial charge in [0.05, 0.1) is 6.42 Å². The average molecular weight is 184 g/mol. The molecule has 1 aliphatic rings. The van der Waals surface area contributed by atoms with Crippen molar-refractivity contribution < 1.29 is 27.8 Å². The molecule has 0 aliphatic heterocycles. The predicted octanol–water partition coefficient (Wildman–Crippen LogP) is 1.94. The van der Waals surface area contributed by atoms with Crippen LogP contribution in [0.2, 0.25) is 0 Å². The fraction of sp³-hybridized carbons (Fsp3) is 0.333. The van der Waals surface area contributed by atoms with E-state index in [-0.39, 0.29) is 0 Å². The molecule has 0 aromatic carbocycles. The van der Waals surface area contributed by atoms with Gasteiger partial charge in [0.1, 0.15) is 0 Å². The van der Waals surface area contributed by atoms with E-state index in [1.807, 2.05) is 0 Å². The third kappa shape index (κ3) is 1.18. The minimum absolute atomic E-state index is 1.42. The number of hydrogen-bond donors (Lipinski definition) is 2. The van der Waals surface area contributed by atoms with Gasteiger partial charge in [0.15, 0.2) is 11.6 Å². The normalized spacial score (nSPS) is 31.4. The van der Waals surface area contributed by atoms with Crippen LogP contribution in [0.25, 0.3) is 0 Å². The lowest BCUT2D eigenvalue weighted by atomic mass is 10.1. The summed E-state index contributed by atoms with van der Waals surface area (Å²) in [5.41, 5.74) is 0. The number of halogens is 4. The fourth-order valence-electron chi connectivity index (χ4n) is 0.758. The van der Waals surface area contributed by atoms with E-state index >= 15 is 0 Å². The van der Waals surface area contributed by atoms with Crippen molar-refractivity contribution in [2.45, 2.75) is 12.3 Å². The molecule has 0 saturated carbocycles. The Morgan fingerprint density at radius 2 is 1.75 bits per heavy atom. The zero-order valence-electron chi connectivity index (χ0n) is 5.61. The summed E-state index contributed by atoms with van der Waals surface area (Å²) in [6.07, 6.45) is -1.42. The summed E-state index contributed by atoms with van der Waals surface area (Å²) < 4.78 is 49.3. The first-order chi connectivity index (χ1) is 5.36. The highest BCUT2D eigenvalue weighted by Crippen LogP contribution is 2.39. The molecule has 0 heterocycles. The van der Waals surface area contributed by atoms with Crippen LogP contribution < -0.4 is 0 Å². The smallest absolute Gasteiger partial charge is 0.268 e. The maximum absolute atomic E-state index is 12.4. The van der Waals surface area contributed by atoms with Crippen LogP contribution in [0.1, 0.15) is 6.42 Å². The minimum Gasteiger partial charge on any atom is -0.503 e. The molecule has 0 bridgehead atoms. The van der Waals surface area contributed by atoms with Crippen LogP contribution >= 0.6 is 0 Å². The second-order valence-corrected chi connectivity index (χ2v) is 2.32. The summed E-state index contributed by atoms with van der Waals surface area (Å²) in [7, 11) is 0. The monoisotopic (exact) mass is 184 g/mol. The van der Waals surface area contributed by atoms with E-state index in [2.05, 4.69) is 0 Å². The van der Waals surface area contributed by atoms with Gasteiger partial charge in [-0.1, -0.05) is 0 Å². The molecule has 1 unspecified atom stereocenters. The number of aliphatic hydroxyl groups is 2. The van der Waals surface area contributed by atoms with Crippen molar-refractivity contribution in [3.63, 3.8) is 0 Å². The Balaban J connectivity index is 3.20. The Labute approximate surface area is 64.4 Å². The van der Waals surface area contributed by atoms with E-state index in [0.29, 0.717) is 0 Å². The molecular weight excluding hydrogens is 180 g/mol. The lowest BCUT2D eigenvalue weighted by molar-refractivity contribution is -0.0791. The van der Waals surface area contributed by atoms with Gasteiger partial charge >= 0.3 is 0 Å². The highest BCUT2D eigenvalue weighted by Gasteiger charge is 2.43. The van der Waals surface area contributed by atoms with E-state index < -0.39 is 35.5 Å². The molecule has 0 radical (unpaired) electrons. The Hall–Kier alpha value is -1.04. The van der Waals surface area contributed by atoms with E-state index in [1.165, 1.54) is 0 Å². The molecule has 1 aliphatic carbocycles. The number of rotatable bonds is 0. The quantitative estimate of drug-likeness (QED) is 0.564. The van der Waals surface area contributed by atoms with Crippen molar-refractivity contribution in [2.24, 2.45) is 0 Å². The van der Waals surface area contributed by atoms with Gasteiger partial charge in [-0.15, -0.1) is 0 Å². The topological polar surface area (TPSA) is 40.5 Å². The minimum atomic E-state index is -3.69. The van der Waals surface area contributed by atoms with Gasteiger partial charge in [-0.2, -0.15) is 4.39 Å². The van der Waals surface area contributed by atoms with Gasteiger partial charge in [0, 0.05) is 0 Å². The second kappa shape index (κ2) is 2.48. The summed E-state index contributed by atoms with van der Waals surface area (Å²) in [4.78, 5) is 0. The molecule has 0 amide bonds. The first-order valence-corrected chi connectivity index (χ1v) is 2.91. The van der Waals surface area contributed by atoms with Crippen molar-refractivity contribution in [2.75, 3.05) is 0 Å². The maximum atomic E-state index is 12.4. The summed E-state index contributed by atoms with van der Waals surface area (Å²) in [5, 5.41) is 16.8. The lowest BCUT2D eigenvalue weighted by Gasteiger charge is -2.20. The van der Waals surface area contributed by atoms with Gasteiger partial charge in [-0.3, -0.25) is 0 Å². The number of allylic oxidation sites excluding steroid dienone is 1. The second-order valence-electron chi connectivity index (χ2n) is 2.32. The molecule has 2 nitrogen and oxygen atoms in total. The van der Waals surface area contributed by atoms with Gasteiger partial charge in [-0.05, 0) is 0 Å². The number of alkyl halides is 1. The van der Waals surface area contributed by atoms with E-state index in [4.69, 9.17) is 10.2 Å². The van der Waals surface area contributed by atoms with Gasteiger partial charge in [0.2, 0.25) is 11.7 Å². The first kappa shape index (κ1) is 9.05. The molecule has 0 aromatic heterocycles. The lowest BCUT2D eigenvalue weighted by Crippen LogP contribution is -2.27. The standard InChI is InChI=1S/C6H4F4O2/c7-2-1-6(10,12)5(9)3(8)4(2)11/h11-12H,1H2. The largest absolute Gasteiger partial charge is 0.503 e. The average Bonchev–Trinajstić information content (AvgIpc) is 1.97. The molecule has 2 N–H and O–H groups in total. The van der Waals surface area contributed by atoms with Crippen LogP contribution in [0.15, 0.2) is 23.2 Å². The van der Waals surface area contributed by atoms with E-state index in [9.17, 15) is 17.6 Å². The molecule has 0 aromatic rings. The van der Waals surface area contributed by atoms with Crippen molar-refractivity contribution in [3.8, 4) is 0 Å². The molecule has 0 spiro atoms. The third-order valence-electron chi connectivity index (χ3n) is 1.38. The van der Waals surface area contributed by atoms with Crippen LogP contribution in [0, 0.1) is 0 Å². The molecule has 0 fully saturated rings. The Bertz CT molecular complexity index is 279. The maximum Gasteiger partial charge on any atom is 0.268 e. The predicted molar refractivity (Wildman–Crippen MR) is 30.7 cm³/mol. The van der Waals surface area contributed by atoms with Crippen LogP contribution in [0.5, 0.6) is 0 Å². The van der Waals surface area contributed by atoms with Gasteiger partial charge < -0.3 is 10.2 Å². The molecular formula is C6H4F4O2. The van der Waals surface area contributed by atoms with E-state index in [0.717, 1.165) is 0 Å². The molecule has 1 atom stereocenters. The Morgan fingerprint density at radius 3 is 2.25 bits per heavy atom. The molecule has 1 rings (SSSR count). The molecule has 12 heavy (non-hydrogen) atoms. The van der Waals surface area contributed by atoms with Crippen molar-refractivity contribution in [3.05, 3.63) is 23.2 Å². The highest BCUT2D eigenvalue weighted by molar-refractivity contribution is 5.32. The third-order valence-corrected chi connectivity index (χ3v) is 1.38. The SMILES string of the molecule is OC1=C(F)CC(O)(F)C(F)=C1F. The Kier molecular flexibility index (Phi) is 1.87. The number of hydrogen-bond acceptors (Lipinski definition) is 2.